The van der Waals surface area contributed by atoms with Crippen LogP contribution in [0.3, 0.4) is 0 Å². The van der Waals surface area contributed by atoms with Crippen LogP contribution in [0.1, 0.15) is 41.5 Å². The molecule has 2 unspecified atom stereocenters. The second-order valence-corrected chi connectivity index (χ2v) is 17.2. The second-order valence-electron chi connectivity index (χ2n) is 16.1. The molecular weight excluding hydrogens is 935 g/mol. The lowest BCUT2D eigenvalue weighted by atomic mass is 10.1. The number of alkyl halides is 6. The highest BCUT2D eigenvalue weighted by Gasteiger charge is 2.50. The van der Waals surface area contributed by atoms with Crippen molar-refractivity contribution < 1.29 is 54.2 Å². The number of nitrogens with one attached hydrogen (secondary N) is 1. The monoisotopic (exact) mass is 972 g/mol. The summed E-state index contributed by atoms with van der Waals surface area (Å²) in [5.74, 6) is -2.67. The molecule has 0 aromatic carbocycles. The summed E-state index contributed by atoms with van der Waals surface area (Å²) in [6.45, 7) is 7.47. The van der Waals surface area contributed by atoms with Crippen LogP contribution in [-0.4, -0.2) is 127 Å². The average Bonchev–Trinajstić information content (AvgIpc) is 3.17. The maximum atomic E-state index is 14.0. The van der Waals surface area contributed by atoms with Gasteiger partial charge in [-0.3, -0.25) is 4.79 Å². The van der Waals surface area contributed by atoms with E-state index in [0.29, 0.717) is 0 Å². The molecule has 6 rings (SSSR count). The van der Waals surface area contributed by atoms with E-state index in [2.05, 4.69) is 29.9 Å². The first kappa shape index (κ1) is 49.7. The molecule has 2 atom stereocenters. The fourth-order valence-corrected chi connectivity index (χ4v) is 6.77. The number of hydrogen-bond donors (Lipinski definition) is 1. The Kier molecular flexibility index (Phi) is 14.8. The Hall–Kier alpha value is -5.29. The van der Waals surface area contributed by atoms with E-state index in [0.717, 1.165) is 44.1 Å². The molecule has 2 amide bonds. The number of pyridine rings is 2. The fraction of sp³-hybridized carbons (Fsp3) is 0.474. The predicted octanol–water partition coefficient (Wildman–Crippen LogP) is 8.58. The fourth-order valence-electron chi connectivity index (χ4n) is 6.21. The van der Waals surface area contributed by atoms with Gasteiger partial charge in [0.1, 0.15) is 39.2 Å². The number of amides is 2. The van der Waals surface area contributed by atoms with Gasteiger partial charge in [0.15, 0.2) is 22.6 Å². The lowest BCUT2D eigenvalue weighted by molar-refractivity contribution is -0.156. The molecule has 348 valence electrons. The van der Waals surface area contributed by atoms with Gasteiger partial charge in [0.05, 0.1) is 13.1 Å². The van der Waals surface area contributed by atoms with Crippen LogP contribution < -0.4 is 15.4 Å². The van der Waals surface area contributed by atoms with Crippen LogP contribution in [0.4, 0.5) is 56.3 Å². The van der Waals surface area contributed by atoms with Crippen molar-refractivity contribution in [2.24, 2.45) is 0 Å². The van der Waals surface area contributed by atoms with Crippen LogP contribution in [0, 0.1) is 11.9 Å². The third-order valence-electron chi connectivity index (χ3n) is 8.99. The van der Waals surface area contributed by atoms with Crippen molar-refractivity contribution in [3.63, 3.8) is 0 Å². The topological polar surface area (TPSA) is 163 Å². The van der Waals surface area contributed by atoms with Crippen LogP contribution in [0.2, 0.25) is 15.2 Å². The van der Waals surface area contributed by atoms with Crippen molar-refractivity contribution >= 4 is 58.6 Å². The van der Waals surface area contributed by atoms with Gasteiger partial charge < -0.3 is 34.1 Å². The average molecular weight is 974 g/mol. The van der Waals surface area contributed by atoms with Crippen molar-refractivity contribution in [1.82, 2.24) is 39.7 Å². The molecule has 26 heteroatoms. The first-order valence-electron chi connectivity index (χ1n) is 18.9. The van der Waals surface area contributed by atoms with E-state index in [4.69, 9.17) is 44.3 Å². The summed E-state index contributed by atoms with van der Waals surface area (Å²) in [7, 11) is 0. The number of halogens is 11. The molecule has 15 nitrogen and oxygen atoms in total. The molecule has 0 aliphatic carbocycles. The maximum Gasteiger partial charge on any atom is 0.410 e. The number of hydrogen-bond acceptors (Lipinski definition) is 12. The lowest BCUT2D eigenvalue weighted by Crippen LogP contribution is -2.61. The number of nitrogens with zero attached hydrogens (tertiary/aromatic N) is 9. The Labute approximate surface area is 374 Å². The number of ether oxygens (including phenoxy) is 2. The molecule has 64 heavy (non-hydrogen) atoms. The summed E-state index contributed by atoms with van der Waals surface area (Å²) >= 11 is 18.2. The summed E-state index contributed by atoms with van der Waals surface area (Å²) in [6, 6.07) is 0.379. The zero-order valence-corrected chi connectivity index (χ0v) is 36.9. The van der Waals surface area contributed by atoms with E-state index in [1.807, 2.05) is 0 Å². The quantitative estimate of drug-likeness (QED) is 0.118. The number of piperazine rings is 2. The molecule has 2 aliphatic rings. The largest absolute Gasteiger partial charge is 0.444 e. The molecule has 0 saturated carbocycles. The minimum absolute atomic E-state index is 0.0708. The van der Waals surface area contributed by atoms with Crippen molar-refractivity contribution in [1.29, 1.82) is 0 Å². The molecule has 0 bridgehead atoms. The molecule has 2 saturated heterocycles. The van der Waals surface area contributed by atoms with Gasteiger partial charge in [-0.15, -0.1) is 0 Å². The summed E-state index contributed by atoms with van der Waals surface area (Å²) in [6.07, 6.45) is -8.97. The molecule has 6 heterocycles. The Morgan fingerprint density at radius 3 is 1.55 bits per heavy atom. The Balaban J connectivity index is 0.000000241. The Morgan fingerprint density at radius 2 is 1.11 bits per heavy atom. The van der Waals surface area contributed by atoms with Gasteiger partial charge in [-0.05, 0) is 53.7 Å². The van der Waals surface area contributed by atoms with Gasteiger partial charge in [0, 0.05) is 61.8 Å². The molecule has 1 N–H and O–H groups in total. The first-order valence-corrected chi connectivity index (χ1v) is 20.0. The number of H-pyrrole nitrogens is 1. The van der Waals surface area contributed by atoms with Gasteiger partial charge in [0.2, 0.25) is 11.9 Å². The summed E-state index contributed by atoms with van der Waals surface area (Å²) in [5.41, 5.74) is -2.37. The number of carbonyl (C=O) groups excluding carboxylic acids is 2. The highest BCUT2D eigenvalue weighted by Crippen LogP contribution is 2.39. The number of rotatable bonds is 4. The third kappa shape index (κ3) is 12.5. The zero-order chi connectivity index (χ0) is 47.7. The van der Waals surface area contributed by atoms with Crippen LogP contribution in [0.15, 0.2) is 41.5 Å². The van der Waals surface area contributed by atoms with Crippen LogP contribution in [0.25, 0.3) is 22.8 Å². The third-order valence-corrected chi connectivity index (χ3v) is 10.0. The maximum absolute atomic E-state index is 14.0. The van der Waals surface area contributed by atoms with Crippen molar-refractivity contribution in [2.75, 3.05) is 49.1 Å². The minimum Gasteiger partial charge on any atom is -0.444 e. The van der Waals surface area contributed by atoms with E-state index in [1.165, 1.54) is 12.1 Å². The van der Waals surface area contributed by atoms with E-state index < -0.39 is 89.2 Å². The smallest absolute Gasteiger partial charge is 0.410 e. The van der Waals surface area contributed by atoms with E-state index in [9.17, 15) is 49.5 Å². The molecule has 0 radical (unpaired) electrons. The Bertz CT molecular complexity index is 2420. The predicted molar refractivity (Wildman–Crippen MR) is 218 cm³/mol. The van der Waals surface area contributed by atoms with E-state index in [1.54, 1.807) is 41.5 Å². The molecule has 4 aromatic rings. The number of aromatic amines is 1. The second kappa shape index (κ2) is 19.0. The zero-order valence-electron chi connectivity index (χ0n) is 34.6. The minimum atomic E-state index is -4.78. The summed E-state index contributed by atoms with van der Waals surface area (Å²) in [5, 5.41) is -1.13. The standard InChI is InChI=1S/C19H19Cl2F4N5O2.C19H20ClF4N5O3/c1-18(2,3)32-17(31)29-6-7-30(11(9-29)19(23,24)25)16-13(20)14(21)27-15(28-16)10-4-5-26-12(22)8-10;1-18(2,3)32-17(31)28-6-7-29(11(9-28)19(22,23)24)15-13(20)16(30)27-14(26-15)10-4-5-25-12(21)8-10/h4-5,8,11H,6-7,9H2,1-3H3;4-5,8,11H,6-7,9H2,1-3H3,(H,26,27,30). The lowest BCUT2D eigenvalue weighted by Gasteiger charge is -2.43. The van der Waals surface area contributed by atoms with Crippen molar-refractivity contribution in [2.45, 2.75) is 77.2 Å². The van der Waals surface area contributed by atoms with Crippen molar-refractivity contribution in [3.05, 3.63) is 74.1 Å². The summed E-state index contributed by atoms with van der Waals surface area (Å²) < 4.78 is 121. The SMILES string of the molecule is CC(C)(C)OC(=O)N1CCN(c2nc(-c3ccnc(F)c3)[nH]c(=O)c2Cl)C(C(F)(F)F)C1.CC(C)(C)OC(=O)N1CCN(c2nc(-c3ccnc(F)c3)nc(Cl)c2Cl)C(C(F)(F)F)C1. The van der Waals surface area contributed by atoms with Gasteiger partial charge in [-0.25, -0.2) is 34.5 Å². The van der Waals surface area contributed by atoms with Gasteiger partial charge in [-0.1, -0.05) is 34.8 Å². The number of aromatic nitrogens is 6. The van der Waals surface area contributed by atoms with Crippen LogP contribution in [0.5, 0.6) is 0 Å². The van der Waals surface area contributed by atoms with Gasteiger partial charge >= 0.3 is 24.5 Å². The molecule has 4 aromatic heterocycles. The Morgan fingerprint density at radius 1 is 0.672 bits per heavy atom. The van der Waals surface area contributed by atoms with Crippen molar-refractivity contribution in [3.8, 4) is 22.8 Å². The molecular formula is C38H39Cl3F8N10O5. The molecule has 0 spiro atoms. The normalized spacial score (nSPS) is 17.5. The van der Waals surface area contributed by atoms with Crippen LogP contribution >= 0.6 is 34.8 Å². The highest BCUT2D eigenvalue weighted by atomic mass is 35.5. The van der Waals surface area contributed by atoms with E-state index >= 15 is 0 Å². The van der Waals surface area contributed by atoms with Gasteiger partial charge in [0.25, 0.3) is 5.56 Å². The number of carbonyl (C=O) groups is 2. The summed E-state index contributed by atoms with van der Waals surface area (Å²) in [4.78, 5) is 61.9. The molecule has 2 fully saturated rings. The first-order chi connectivity index (χ1) is 29.5. The van der Waals surface area contributed by atoms with Gasteiger partial charge in [-0.2, -0.15) is 35.1 Å². The molecule has 2 aliphatic heterocycles. The van der Waals surface area contributed by atoms with Crippen LogP contribution in [-0.2, 0) is 9.47 Å². The highest BCUT2D eigenvalue weighted by molar-refractivity contribution is 6.42. The van der Waals surface area contributed by atoms with E-state index in [-0.39, 0.29) is 64.9 Å². The number of anilines is 2.